The monoisotopic (exact) mass is 293 g/mol. The molecule has 0 spiro atoms. The highest BCUT2D eigenvalue weighted by molar-refractivity contribution is 6.05. The number of amides is 2. The fraction of sp³-hybridized carbons (Fsp3) is 0.688. The number of allylic oxidation sites excluding steroid dienone is 2. The number of aliphatic carboxylic acids is 1. The summed E-state index contributed by atoms with van der Waals surface area (Å²) in [6.07, 6.45) is 5.87. The Labute approximate surface area is 125 Å². The zero-order chi connectivity index (χ0) is 15.6. The molecule has 0 saturated carbocycles. The van der Waals surface area contributed by atoms with Crippen LogP contribution in [0.5, 0.6) is 0 Å². The summed E-state index contributed by atoms with van der Waals surface area (Å²) in [7, 11) is 0. The van der Waals surface area contributed by atoms with Crippen molar-refractivity contribution in [3.8, 4) is 0 Å². The van der Waals surface area contributed by atoms with Crippen LogP contribution in [0.3, 0.4) is 0 Å². The molecule has 0 bridgehead atoms. The first kappa shape index (κ1) is 15.7. The van der Waals surface area contributed by atoms with Crippen molar-refractivity contribution in [2.24, 2.45) is 23.7 Å². The Hall–Kier alpha value is -1.65. The Bertz CT molecular complexity index is 443. The SMILES string of the molecule is CC(C)CC(CC(=O)O)CN1C(=O)C2CC=CCC2C1=O. The van der Waals surface area contributed by atoms with E-state index < -0.39 is 5.97 Å². The summed E-state index contributed by atoms with van der Waals surface area (Å²) in [5, 5.41) is 9.01. The summed E-state index contributed by atoms with van der Waals surface area (Å²) in [5.41, 5.74) is 0. The highest BCUT2D eigenvalue weighted by Gasteiger charge is 2.47. The maximum absolute atomic E-state index is 12.4. The highest BCUT2D eigenvalue weighted by atomic mass is 16.4. The van der Waals surface area contributed by atoms with Crippen molar-refractivity contribution in [2.75, 3.05) is 6.54 Å². The highest BCUT2D eigenvalue weighted by Crippen LogP contribution is 2.36. The van der Waals surface area contributed by atoms with Gasteiger partial charge in [0.25, 0.3) is 0 Å². The molecule has 1 aliphatic heterocycles. The number of carbonyl (C=O) groups excluding carboxylic acids is 2. The molecule has 2 rings (SSSR count). The topological polar surface area (TPSA) is 74.7 Å². The van der Waals surface area contributed by atoms with Crippen LogP contribution in [0, 0.1) is 23.7 Å². The number of carboxylic acid groups (broad SMARTS) is 1. The average molecular weight is 293 g/mol. The van der Waals surface area contributed by atoms with Gasteiger partial charge in [0.2, 0.25) is 11.8 Å². The minimum atomic E-state index is -0.876. The first-order valence-electron chi connectivity index (χ1n) is 7.62. The fourth-order valence-corrected chi connectivity index (χ4v) is 3.44. The number of rotatable bonds is 6. The fourth-order valence-electron chi connectivity index (χ4n) is 3.44. The molecule has 1 heterocycles. The number of fused-ring (bicyclic) bond motifs is 1. The predicted octanol–water partition coefficient (Wildman–Crippen LogP) is 2.07. The third kappa shape index (κ3) is 3.52. The second-order valence-electron chi connectivity index (χ2n) is 6.54. The van der Waals surface area contributed by atoms with Gasteiger partial charge in [0.05, 0.1) is 11.8 Å². The van der Waals surface area contributed by atoms with Crippen molar-refractivity contribution in [3.63, 3.8) is 0 Å². The Morgan fingerprint density at radius 3 is 2.19 bits per heavy atom. The predicted molar refractivity (Wildman–Crippen MR) is 77.3 cm³/mol. The number of imide groups is 1. The molecule has 3 unspecified atom stereocenters. The second-order valence-corrected chi connectivity index (χ2v) is 6.54. The van der Waals surface area contributed by atoms with Crippen molar-refractivity contribution in [2.45, 2.75) is 39.5 Å². The largest absolute Gasteiger partial charge is 0.481 e. The summed E-state index contributed by atoms with van der Waals surface area (Å²) < 4.78 is 0. The van der Waals surface area contributed by atoms with Gasteiger partial charge in [0, 0.05) is 13.0 Å². The molecule has 0 aromatic rings. The van der Waals surface area contributed by atoms with E-state index in [1.807, 2.05) is 26.0 Å². The molecular formula is C16H23NO4. The second kappa shape index (κ2) is 6.41. The molecule has 1 fully saturated rings. The molecule has 1 saturated heterocycles. The molecule has 0 radical (unpaired) electrons. The van der Waals surface area contributed by atoms with Gasteiger partial charge in [0.15, 0.2) is 0 Å². The van der Waals surface area contributed by atoms with Gasteiger partial charge < -0.3 is 5.11 Å². The molecule has 116 valence electrons. The molecule has 3 atom stereocenters. The molecule has 0 aromatic carbocycles. The minimum Gasteiger partial charge on any atom is -0.481 e. The third-order valence-corrected chi connectivity index (χ3v) is 4.31. The molecule has 1 aliphatic carbocycles. The lowest BCUT2D eigenvalue weighted by Crippen LogP contribution is -2.36. The Balaban J connectivity index is 2.07. The molecule has 5 heteroatoms. The van der Waals surface area contributed by atoms with Crippen molar-refractivity contribution in [1.82, 2.24) is 4.90 Å². The number of carbonyl (C=O) groups is 3. The van der Waals surface area contributed by atoms with Gasteiger partial charge in [-0.1, -0.05) is 26.0 Å². The van der Waals surface area contributed by atoms with E-state index in [-0.39, 0.29) is 42.5 Å². The van der Waals surface area contributed by atoms with E-state index in [9.17, 15) is 14.4 Å². The van der Waals surface area contributed by atoms with Gasteiger partial charge in [0.1, 0.15) is 0 Å². The Morgan fingerprint density at radius 1 is 1.24 bits per heavy atom. The number of likely N-dealkylation sites (tertiary alicyclic amines) is 1. The van der Waals surface area contributed by atoms with E-state index in [4.69, 9.17) is 5.11 Å². The molecular weight excluding hydrogens is 270 g/mol. The van der Waals surface area contributed by atoms with Crippen LogP contribution in [0.25, 0.3) is 0 Å². The maximum Gasteiger partial charge on any atom is 0.303 e. The van der Waals surface area contributed by atoms with Crippen molar-refractivity contribution >= 4 is 17.8 Å². The number of nitrogens with zero attached hydrogens (tertiary/aromatic N) is 1. The van der Waals surface area contributed by atoms with Crippen LogP contribution < -0.4 is 0 Å². The van der Waals surface area contributed by atoms with Crippen LogP contribution in [-0.4, -0.2) is 34.3 Å². The molecule has 0 aromatic heterocycles. The standard InChI is InChI=1S/C16H23NO4/c1-10(2)7-11(8-14(18)19)9-17-15(20)12-5-3-4-6-13(12)16(17)21/h3-4,10-13H,5-9H2,1-2H3,(H,18,19). The van der Waals surface area contributed by atoms with Crippen LogP contribution >= 0.6 is 0 Å². The van der Waals surface area contributed by atoms with Crippen LogP contribution in [0.2, 0.25) is 0 Å². The van der Waals surface area contributed by atoms with Gasteiger partial charge in [-0.05, 0) is 31.1 Å². The normalized spacial score (nSPS) is 26.3. The Kier molecular flexibility index (Phi) is 4.80. The summed E-state index contributed by atoms with van der Waals surface area (Å²) in [5.74, 6) is -1.39. The lowest BCUT2D eigenvalue weighted by Gasteiger charge is -2.23. The van der Waals surface area contributed by atoms with E-state index in [1.54, 1.807) is 0 Å². The van der Waals surface area contributed by atoms with Crippen LogP contribution in [0.4, 0.5) is 0 Å². The van der Waals surface area contributed by atoms with E-state index in [2.05, 4.69) is 0 Å². The molecule has 2 amide bonds. The molecule has 5 nitrogen and oxygen atoms in total. The zero-order valence-electron chi connectivity index (χ0n) is 12.6. The van der Waals surface area contributed by atoms with Crippen LogP contribution in [-0.2, 0) is 14.4 Å². The summed E-state index contributed by atoms with van der Waals surface area (Å²) in [4.78, 5) is 37.1. The lowest BCUT2D eigenvalue weighted by atomic mass is 9.85. The van der Waals surface area contributed by atoms with E-state index in [1.165, 1.54) is 4.90 Å². The van der Waals surface area contributed by atoms with Gasteiger partial charge >= 0.3 is 5.97 Å². The third-order valence-electron chi connectivity index (χ3n) is 4.31. The summed E-state index contributed by atoms with van der Waals surface area (Å²) >= 11 is 0. The van der Waals surface area contributed by atoms with Gasteiger partial charge in [-0.2, -0.15) is 0 Å². The van der Waals surface area contributed by atoms with Crippen LogP contribution in [0.15, 0.2) is 12.2 Å². The van der Waals surface area contributed by atoms with E-state index >= 15 is 0 Å². The van der Waals surface area contributed by atoms with Gasteiger partial charge in [-0.15, -0.1) is 0 Å². The molecule has 1 N–H and O–H groups in total. The van der Waals surface area contributed by atoms with Crippen LogP contribution in [0.1, 0.15) is 39.5 Å². The number of carboxylic acids is 1. The summed E-state index contributed by atoms with van der Waals surface area (Å²) in [6.45, 7) is 4.29. The van der Waals surface area contributed by atoms with E-state index in [0.717, 1.165) is 0 Å². The minimum absolute atomic E-state index is 0.00280. The molecule has 2 aliphatic rings. The maximum atomic E-state index is 12.4. The van der Waals surface area contributed by atoms with Crippen molar-refractivity contribution in [1.29, 1.82) is 0 Å². The lowest BCUT2D eigenvalue weighted by molar-refractivity contribution is -0.144. The molecule has 21 heavy (non-hydrogen) atoms. The van der Waals surface area contributed by atoms with Crippen molar-refractivity contribution in [3.05, 3.63) is 12.2 Å². The van der Waals surface area contributed by atoms with Crippen molar-refractivity contribution < 1.29 is 19.5 Å². The van der Waals surface area contributed by atoms with Gasteiger partial charge in [-0.25, -0.2) is 0 Å². The number of hydrogen-bond acceptors (Lipinski definition) is 3. The first-order chi connectivity index (χ1) is 9.90. The quantitative estimate of drug-likeness (QED) is 0.601. The number of hydrogen-bond donors (Lipinski definition) is 1. The Morgan fingerprint density at radius 2 is 1.76 bits per heavy atom. The zero-order valence-corrected chi connectivity index (χ0v) is 12.6. The summed E-state index contributed by atoms with van der Waals surface area (Å²) in [6, 6.07) is 0. The average Bonchev–Trinajstić information content (AvgIpc) is 2.63. The van der Waals surface area contributed by atoms with Gasteiger partial charge in [-0.3, -0.25) is 19.3 Å². The smallest absolute Gasteiger partial charge is 0.303 e. The first-order valence-corrected chi connectivity index (χ1v) is 7.62. The van der Waals surface area contributed by atoms with E-state index in [0.29, 0.717) is 25.2 Å².